The van der Waals surface area contributed by atoms with Crippen molar-refractivity contribution in [3.05, 3.63) is 0 Å². The Morgan fingerprint density at radius 2 is 2.00 bits per heavy atom. The maximum absolute atomic E-state index is 6.02. The van der Waals surface area contributed by atoms with Crippen LogP contribution in [-0.2, 0) is 4.74 Å². The van der Waals surface area contributed by atoms with Crippen molar-refractivity contribution in [3.63, 3.8) is 0 Å². The van der Waals surface area contributed by atoms with Crippen LogP contribution in [0.5, 0.6) is 0 Å². The van der Waals surface area contributed by atoms with Crippen LogP contribution in [0.3, 0.4) is 0 Å². The maximum Gasteiger partial charge on any atom is 0.0653 e. The van der Waals surface area contributed by atoms with E-state index in [4.69, 9.17) is 4.74 Å². The van der Waals surface area contributed by atoms with Gasteiger partial charge in [0.1, 0.15) is 0 Å². The van der Waals surface area contributed by atoms with E-state index < -0.39 is 0 Å². The molecule has 2 atom stereocenters. The number of hydrogen-bond acceptors (Lipinski definition) is 1. The number of halogens is 1. The molecule has 0 bridgehead atoms. The maximum atomic E-state index is 6.02. The molecule has 0 N–H and O–H groups in total. The molecule has 14 heavy (non-hydrogen) atoms. The third kappa shape index (κ3) is 1.76. The van der Waals surface area contributed by atoms with Gasteiger partial charge in [-0.1, -0.05) is 42.6 Å². The molecule has 0 amide bonds. The second-order valence-corrected chi connectivity index (χ2v) is 6.46. The minimum absolute atomic E-state index is 0.523. The van der Waals surface area contributed by atoms with Crippen LogP contribution >= 0.6 is 15.9 Å². The number of ether oxygens (including phenoxy) is 1. The summed E-state index contributed by atoms with van der Waals surface area (Å²) in [5.41, 5.74) is 0.523. The van der Waals surface area contributed by atoms with Crippen molar-refractivity contribution in [1.82, 2.24) is 0 Å². The highest BCUT2D eigenvalue weighted by molar-refractivity contribution is 9.09. The van der Waals surface area contributed by atoms with Gasteiger partial charge in [-0.2, -0.15) is 0 Å². The summed E-state index contributed by atoms with van der Waals surface area (Å²) in [6, 6.07) is 0. The van der Waals surface area contributed by atoms with Crippen LogP contribution in [0.4, 0.5) is 0 Å². The molecule has 2 saturated carbocycles. The first-order valence-electron chi connectivity index (χ1n) is 5.91. The summed E-state index contributed by atoms with van der Waals surface area (Å²) in [5.74, 6) is 0.669. The molecule has 0 aliphatic heterocycles. The highest BCUT2D eigenvalue weighted by Gasteiger charge is 2.55. The van der Waals surface area contributed by atoms with Gasteiger partial charge in [0, 0.05) is 16.8 Å². The van der Waals surface area contributed by atoms with E-state index in [1.165, 1.54) is 32.1 Å². The Labute approximate surface area is 95.7 Å². The van der Waals surface area contributed by atoms with Gasteiger partial charge in [-0.15, -0.1) is 0 Å². The number of hydrogen-bond donors (Lipinski definition) is 0. The molecule has 1 spiro atoms. The third-order valence-corrected chi connectivity index (χ3v) is 5.14. The molecule has 2 aliphatic carbocycles. The molecule has 2 rings (SSSR count). The van der Waals surface area contributed by atoms with Gasteiger partial charge >= 0.3 is 0 Å². The largest absolute Gasteiger partial charge is 0.377 e. The van der Waals surface area contributed by atoms with Crippen molar-refractivity contribution < 1.29 is 4.74 Å². The third-order valence-electron chi connectivity index (χ3n) is 3.85. The molecule has 2 fully saturated rings. The molecule has 0 aromatic carbocycles. The fraction of sp³-hybridized carbons (Fsp3) is 1.00. The van der Waals surface area contributed by atoms with E-state index in [9.17, 15) is 0 Å². The Morgan fingerprint density at radius 1 is 1.36 bits per heavy atom. The van der Waals surface area contributed by atoms with Gasteiger partial charge in [0.25, 0.3) is 0 Å². The van der Waals surface area contributed by atoms with Crippen LogP contribution in [-0.4, -0.2) is 17.5 Å². The topological polar surface area (TPSA) is 9.23 Å². The standard InChI is InChI=1S/C12H21BrO/c1-9(2)8-14-11-7-10(13)12(11)5-3-4-6-12/h9-11H,3-8H2,1-2H3. The second-order valence-electron chi connectivity index (χ2n) is 5.36. The van der Waals surface area contributed by atoms with Gasteiger partial charge in [-0.25, -0.2) is 0 Å². The zero-order chi connectivity index (χ0) is 10.2. The molecule has 2 unspecified atom stereocenters. The summed E-state index contributed by atoms with van der Waals surface area (Å²) in [7, 11) is 0. The van der Waals surface area contributed by atoms with Gasteiger partial charge in [-0.3, -0.25) is 0 Å². The van der Waals surface area contributed by atoms with Gasteiger partial charge in [0.2, 0.25) is 0 Å². The van der Waals surface area contributed by atoms with E-state index in [2.05, 4.69) is 29.8 Å². The fourth-order valence-electron chi connectivity index (χ4n) is 2.91. The Hall–Kier alpha value is 0.440. The summed E-state index contributed by atoms with van der Waals surface area (Å²) >= 11 is 3.81. The van der Waals surface area contributed by atoms with E-state index in [1.807, 2.05) is 0 Å². The lowest BCUT2D eigenvalue weighted by Gasteiger charge is -2.51. The van der Waals surface area contributed by atoms with E-state index in [1.54, 1.807) is 0 Å². The fourth-order valence-corrected chi connectivity index (χ4v) is 4.00. The van der Waals surface area contributed by atoms with Crippen LogP contribution in [0.1, 0.15) is 46.0 Å². The van der Waals surface area contributed by atoms with Crippen molar-refractivity contribution in [2.75, 3.05) is 6.61 Å². The van der Waals surface area contributed by atoms with E-state index in [0.717, 1.165) is 11.4 Å². The van der Waals surface area contributed by atoms with E-state index in [-0.39, 0.29) is 0 Å². The Kier molecular flexibility index (Phi) is 3.23. The van der Waals surface area contributed by atoms with Crippen LogP contribution in [0, 0.1) is 11.3 Å². The molecule has 0 radical (unpaired) electrons. The molecule has 0 aromatic rings. The predicted molar refractivity (Wildman–Crippen MR) is 62.8 cm³/mol. The van der Waals surface area contributed by atoms with Crippen LogP contribution in [0.25, 0.3) is 0 Å². The van der Waals surface area contributed by atoms with Crippen molar-refractivity contribution >= 4 is 15.9 Å². The van der Waals surface area contributed by atoms with Crippen molar-refractivity contribution in [2.24, 2.45) is 11.3 Å². The van der Waals surface area contributed by atoms with Crippen molar-refractivity contribution in [3.8, 4) is 0 Å². The first-order chi connectivity index (χ1) is 6.65. The zero-order valence-corrected chi connectivity index (χ0v) is 10.8. The molecule has 0 aromatic heterocycles. The van der Waals surface area contributed by atoms with Gasteiger partial charge < -0.3 is 4.74 Å². The minimum atomic E-state index is 0.523. The van der Waals surface area contributed by atoms with Gasteiger partial charge in [-0.05, 0) is 25.2 Å². The monoisotopic (exact) mass is 260 g/mol. The first-order valence-corrected chi connectivity index (χ1v) is 6.82. The molecule has 0 saturated heterocycles. The summed E-state index contributed by atoms with van der Waals surface area (Å²) in [6.45, 7) is 5.39. The highest BCUT2D eigenvalue weighted by atomic mass is 79.9. The Balaban J connectivity index is 1.88. The Morgan fingerprint density at radius 3 is 2.50 bits per heavy atom. The average Bonchev–Trinajstić information content (AvgIpc) is 2.62. The lowest BCUT2D eigenvalue weighted by Crippen LogP contribution is -2.54. The summed E-state index contributed by atoms with van der Waals surface area (Å²) in [5, 5.41) is 0. The van der Waals surface area contributed by atoms with Crippen molar-refractivity contribution in [2.45, 2.75) is 56.9 Å². The molecule has 82 valence electrons. The highest BCUT2D eigenvalue weighted by Crippen LogP contribution is 2.57. The summed E-state index contributed by atoms with van der Waals surface area (Å²) < 4.78 is 6.02. The molecule has 2 aliphatic rings. The normalized spacial score (nSPS) is 35.1. The Bertz CT molecular complexity index is 196. The zero-order valence-electron chi connectivity index (χ0n) is 9.26. The first kappa shape index (κ1) is 10.9. The quantitative estimate of drug-likeness (QED) is 0.703. The number of rotatable bonds is 3. The molecule has 2 heteroatoms. The van der Waals surface area contributed by atoms with Crippen LogP contribution in [0.2, 0.25) is 0 Å². The lowest BCUT2D eigenvalue weighted by atomic mass is 9.64. The molecule has 1 nitrogen and oxygen atoms in total. The average molecular weight is 261 g/mol. The summed E-state index contributed by atoms with van der Waals surface area (Å²) in [4.78, 5) is 0.731. The second kappa shape index (κ2) is 4.13. The van der Waals surface area contributed by atoms with Crippen LogP contribution < -0.4 is 0 Å². The summed E-state index contributed by atoms with van der Waals surface area (Å²) in [6.07, 6.45) is 7.36. The lowest BCUT2D eigenvalue weighted by molar-refractivity contribution is -0.107. The smallest absolute Gasteiger partial charge is 0.0653 e. The molecular weight excluding hydrogens is 240 g/mol. The van der Waals surface area contributed by atoms with Gasteiger partial charge in [0.15, 0.2) is 0 Å². The minimum Gasteiger partial charge on any atom is -0.377 e. The van der Waals surface area contributed by atoms with E-state index in [0.29, 0.717) is 17.4 Å². The van der Waals surface area contributed by atoms with Crippen LogP contribution in [0.15, 0.2) is 0 Å². The van der Waals surface area contributed by atoms with Gasteiger partial charge in [0.05, 0.1) is 6.10 Å². The predicted octanol–water partition coefficient (Wildman–Crippen LogP) is 3.76. The SMILES string of the molecule is CC(C)COC1CC(Br)C12CCCC2. The van der Waals surface area contributed by atoms with Crippen molar-refractivity contribution in [1.29, 1.82) is 0 Å². The van der Waals surface area contributed by atoms with E-state index >= 15 is 0 Å². The molecular formula is C12H21BrO. The molecule has 0 heterocycles. The number of alkyl halides is 1.